The van der Waals surface area contributed by atoms with Crippen molar-refractivity contribution in [1.82, 2.24) is 0 Å². The second-order valence-corrected chi connectivity index (χ2v) is 3.46. The van der Waals surface area contributed by atoms with Gasteiger partial charge in [0.25, 0.3) is 0 Å². The molecule has 0 fully saturated rings. The van der Waals surface area contributed by atoms with Gasteiger partial charge in [-0.1, -0.05) is 6.92 Å². The second kappa shape index (κ2) is 3.61. The van der Waals surface area contributed by atoms with E-state index in [1.165, 1.54) is 6.26 Å². The summed E-state index contributed by atoms with van der Waals surface area (Å²) in [4.78, 5) is 10.1. The molecule has 0 aromatic rings. The number of hydrogen-bond donors (Lipinski definition) is 1. The molecule has 0 aliphatic rings. The minimum atomic E-state index is -0.997. The summed E-state index contributed by atoms with van der Waals surface area (Å²) in [6.07, 6.45) is 1.50. The first-order valence-electron chi connectivity index (χ1n) is 2.57. The third-order valence-corrected chi connectivity index (χ3v) is 1.88. The average molecular weight is 150 g/mol. The smallest absolute Gasteiger partial charge is 0.307 e. The van der Waals surface area contributed by atoms with E-state index in [0.29, 0.717) is 0 Å². The van der Waals surface area contributed by atoms with Crippen molar-refractivity contribution in [3.05, 3.63) is 0 Å². The predicted octanol–water partition coefficient (Wildman–Crippen LogP) is 0.0856. The maximum atomic E-state index is 10.4. The van der Waals surface area contributed by atoms with Crippen LogP contribution in [0.25, 0.3) is 0 Å². The van der Waals surface area contributed by atoms with Crippen LogP contribution in [0.1, 0.15) is 6.92 Å². The highest BCUT2D eigenvalue weighted by Gasteiger charge is 2.11. The summed E-state index contributed by atoms with van der Waals surface area (Å²) in [5.74, 6) is -1.13. The number of carboxylic acid groups (broad SMARTS) is 1. The van der Waals surface area contributed by atoms with Crippen LogP contribution < -0.4 is 0 Å². The molecule has 0 amide bonds. The summed E-state index contributed by atoms with van der Waals surface area (Å²) < 4.78 is 10.4. The SMILES string of the molecule is C[C@H](C[S@@](C)=O)C(=O)O. The Kier molecular flexibility index (Phi) is 3.46. The van der Waals surface area contributed by atoms with Gasteiger partial charge in [-0.3, -0.25) is 9.00 Å². The minimum Gasteiger partial charge on any atom is -0.481 e. The lowest BCUT2D eigenvalue weighted by molar-refractivity contribution is -0.140. The fourth-order valence-electron chi connectivity index (χ4n) is 0.423. The largest absolute Gasteiger partial charge is 0.481 e. The van der Waals surface area contributed by atoms with Crippen molar-refractivity contribution in [2.45, 2.75) is 6.92 Å². The molecule has 0 bridgehead atoms. The Morgan fingerprint density at radius 1 is 1.78 bits per heavy atom. The topological polar surface area (TPSA) is 54.4 Å². The highest BCUT2D eigenvalue weighted by Crippen LogP contribution is 1.95. The Balaban J connectivity index is 3.63. The van der Waals surface area contributed by atoms with Gasteiger partial charge in [-0.2, -0.15) is 0 Å². The van der Waals surface area contributed by atoms with Gasteiger partial charge in [0.15, 0.2) is 0 Å². The zero-order chi connectivity index (χ0) is 7.44. The highest BCUT2D eigenvalue weighted by atomic mass is 32.2. The number of aliphatic carboxylic acids is 1. The third kappa shape index (κ3) is 4.14. The molecule has 1 N–H and O–H groups in total. The summed E-state index contributed by atoms with van der Waals surface area (Å²) in [6, 6.07) is 0. The summed E-state index contributed by atoms with van der Waals surface area (Å²) in [7, 11) is -0.997. The molecule has 0 radical (unpaired) electrons. The van der Waals surface area contributed by atoms with E-state index in [4.69, 9.17) is 5.11 Å². The first-order chi connectivity index (χ1) is 4.04. The first-order valence-corrected chi connectivity index (χ1v) is 4.29. The van der Waals surface area contributed by atoms with Gasteiger partial charge >= 0.3 is 5.97 Å². The molecule has 0 saturated heterocycles. The van der Waals surface area contributed by atoms with Crippen molar-refractivity contribution in [3.63, 3.8) is 0 Å². The van der Waals surface area contributed by atoms with Crippen LogP contribution in [0.4, 0.5) is 0 Å². The lowest BCUT2D eigenvalue weighted by Gasteiger charge is -2.00. The molecular weight excluding hydrogens is 140 g/mol. The molecule has 3 nitrogen and oxygen atoms in total. The maximum Gasteiger partial charge on any atom is 0.307 e. The van der Waals surface area contributed by atoms with Gasteiger partial charge in [0, 0.05) is 22.8 Å². The molecule has 9 heavy (non-hydrogen) atoms. The van der Waals surface area contributed by atoms with Crippen LogP contribution in [-0.2, 0) is 15.6 Å². The van der Waals surface area contributed by atoms with Gasteiger partial charge in [0.2, 0.25) is 0 Å². The Bertz CT molecular complexity index is 132. The summed E-state index contributed by atoms with van der Waals surface area (Å²) in [5, 5.41) is 8.30. The Hall–Kier alpha value is -0.380. The molecule has 0 aromatic carbocycles. The van der Waals surface area contributed by atoms with Crippen molar-refractivity contribution >= 4 is 16.8 Å². The molecule has 54 valence electrons. The van der Waals surface area contributed by atoms with E-state index in [1.807, 2.05) is 0 Å². The van der Waals surface area contributed by atoms with Crippen LogP contribution in [0.3, 0.4) is 0 Å². The zero-order valence-corrected chi connectivity index (χ0v) is 6.27. The Morgan fingerprint density at radius 3 is 2.33 bits per heavy atom. The lowest BCUT2D eigenvalue weighted by Crippen LogP contribution is -2.16. The van der Waals surface area contributed by atoms with Gasteiger partial charge in [0.1, 0.15) is 0 Å². The molecule has 0 saturated carbocycles. The maximum absolute atomic E-state index is 10.4. The van der Waals surface area contributed by atoms with Crippen molar-refractivity contribution in [1.29, 1.82) is 0 Å². The van der Waals surface area contributed by atoms with Crippen LogP contribution in [0.5, 0.6) is 0 Å². The van der Waals surface area contributed by atoms with Crippen molar-refractivity contribution < 1.29 is 14.1 Å². The zero-order valence-electron chi connectivity index (χ0n) is 5.46. The number of hydrogen-bond acceptors (Lipinski definition) is 2. The number of carbonyl (C=O) groups is 1. The predicted molar refractivity (Wildman–Crippen MR) is 35.7 cm³/mol. The number of carboxylic acids is 1. The van der Waals surface area contributed by atoms with Crippen LogP contribution >= 0.6 is 0 Å². The van der Waals surface area contributed by atoms with Gasteiger partial charge in [-0.05, 0) is 0 Å². The standard InChI is InChI=1S/C5H10O3S/c1-4(5(6)7)3-9(2)8/h4H,3H2,1-2H3,(H,6,7)/t4-,9-/m1/s1. The fourth-order valence-corrected chi connectivity index (χ4v) is 1.27. The summed E-state index contributed by atoms with van der Waals surface area (Å²) in [6.45, 7) is 1.55. The summed E-state index contributed by atoms with van der Waals surface area (Å²) in [5.41, 5.74) is 0. The highest BCUT2D eigenvalue weighted by molar-refractivity contribution is 7.84. The molecule has 0 heterocycles. The van der Waals surface area contributed by atoms with Gasteiger partial charge in [0.05, 0.1) is 5.92 Å². The molecule has 2 atom stereocenters. The van der Waals surface area contributed by atoms with Crippen LogP contribution in [-0.4, -0.2) is 27.3 Å². The van der Waals surface area contributed by atoms with Crippen molar-refractivity contribution in [2.75, 3.05) is 12.0 Å². The molecule has 0 rings (SSSR count). The Morgan fingerprint density at radius 2 is 2.22 bits per heavy atom. The number of rotatable bonds is 3. The first kappa shape index (κ1) is 8.62. The lowest BCUT2D eigenvalue weighted by atomic mass is 10.2. The van der Waals surface area contributed by atoms with E-state index in [9.17, 15) is 9.00 Å². The van der Waals surface area contributed by atoms with Crippen molar-refractivity contribution in [2.24, 2.45) is 5.92 Å². The molecule has 4 heteroatoms. The molecule has 0 spiro atoms. The van der Waals surface area contributed by atoms with Crippen LogP contribution in [0.2, 0.25) is 0 Å². The van der Waals surface area contributed by atoms with E-state index >= 15 is 0 Å². The Labute approximate surface area is 56.5 Å². The van der Waals surface area contributed by atoms with Crippen LogP contribution in [0, 0.1) is 5.92 Å². The fraction of sp³-hybridized carbons (Fsp3) is 0.800. The monoisotopic (exact) mass is 150 g/mol. The second-order valence-electron chi connectivity index (χ2n) is 1.98. The van der Waals surface area contributed by atoms with E-state index in [0.717, 1.165) is 0 Å². The van der Waals surface area contributed by atoms with E-state index in [-0.39, 0.29) is 5.75 Å². The third-order valence-electron chi connectivity index (χ3n) is 0.906. The summed E-state index contributed by atoms with van der Waals surface area (Å²) >= 11 is 0. The van der Waals surface area contributed by atoms with Gasteiger partial charge in [-0.15, -0.1) is 0 Å². The van der Waals surface area contributed by atoms with E-state index in [1.54, 1.807) is 6.92 Å². The minimum absolute atomic E-state index is 0.245. The van der Waals surface area contributed by atoms with E-state index in [2.05, 4.69) is 0 Å². The molecule has 0 aliphatic carbocycles. The molecule has 0 aliphatic heterocycles. The van der Waals surface area contributed by atoms with Gasteiger partial charge in [-0.25, -0.2) is 0 Å². The van der Waals surface area contributed by atoms with Crippen molar-refractivity contribution in [3.8, 4) is 0 Å². The van der Waals surface area contributed by atoms with E-state index < -0.39 is 22.7 Å². The quantitative estimate of drug-likeness (QED) is 0.620. The van der Waals surface area contributed by atoms with Crippen LogP contribution in [0.15, 0.2) is 0 Å². The average Bonchev–Trinajstić information content (AvgIpc) is 1.63. The molecule has 0 unspecified atom stereocenters. The normalized spacial score (nSPS) is 16.7. The molecular formula is C5H10O3S. The van der Waals surface area contributed by atoms with Gasteiger partial charge < -0.3 is 5.11 Å². The molecule has 0 aromatic heterocycles.